The molecule has 6 rings (SSSR count). The van der Waals surface area contributed by atoms with E-state index in [2.05, 4.69) is 109 Å². The molecule has 0 saturated heterocycles. The van der Waals surface area contributed by atoms with Gasteiger partial charge in [0, 0.05) is 0 Å². The molecule has 0 radical (unpaired) electrons. The molecule has 0 heterocycles. The molecule has 3 aromatic carbocycles. The zero-order valence-corrected chi connectivity index (χ0v) is 21.4. The molecule has 3 atom stereocenters. The molecule has 0 spiro atoms. The minimum Gasteiger partial charge on any atom is -1.00 e. The second-order valence-electron chi connectivity index (χ2n) is 8.96. The Bertz CT molecular complexity index is 1160. The largest absolute Gasteiger partial charge is 1.00 e. The zero-order chi connectivity index (χ0) is 21.3. The Morgan fingerprint density at radius 3 is 2.09 bits per heavy atom. The molecule has 3 aliphatic rings. The third-order valence-electron chi connectivity index (χ3n) is 7.08. The molecule has 34 heavy (non-hydrogen) atoms. The maximum atomic E-state index is 2.57. The van der Waals surface area contributed by atoms with Gasteiger partial charge in [0.1, 0.15) is 0 Å². The Balaban J connectivity index is 0.00000137. The van der Waals surface area contributed by atoms with Gasteiger partial charge < -0.3 is 9.41 Å². The summed E-state index contributed by atoms with van der Waals surface area (Å²) in [5.41, 5.74) is 4.83. The number of fused-ring (bicyclic) bond motifs is 2. The maximum absolute atomic E-state index is 2.57. The van der Waals surface area contributed by atoms with Gasteiger partial charge in [-0.25, -0.2) is 0 Å². The van der Waals surface area contributed by atoms with Gasteiger partial charge in [0.05, 0.1) is 0 Å². The smallest absolute Gasteiger partial charge is 1.00 e. The van der Waals surface area contributed by atoms with Crippen LogP contribution in [0.15, 0.2) is 114 Å². The minimum atomic E-state index is -0.518. The van der Waals surface area contributed by atoms with E-state index >= 15 is 0 Å². The molecule has 170 valence electrons. The topological polar surface area (TPSA) is 0 Å². The van der Waals surface area contributed by atoms with Crippen LogP contribution in [0.2, 0.25) is 4.22 Å². The summed E-state index contributed by atoms with van der Waals surface area (Å²) >= 11 is -0.203. The van der Waals surface area contributed by atoms with Gasteiger partial charge in [-0.05, 0) is 0 Å². The molecule has 1 saturated carbocycles. The van der Waals surface area contributed by atoms with E-state index in [-0.39, 0.29) is 28.6 Å². The van der Waals surface area contributed by atoms with E-state index in [1.165, 1.54) is 35.4 Å². The van der Waals surface area contributed by atoms with E-state index in [1.807, 2.05) is 0 Å². The molecular formula is C30H27F2PTi. The molecule has 3 aliphatic carbocycles. The average Bonchev–Trinajstić information content (AvgIpc) is 3.43. The standard InChI is InChI=1S/C21H16P.C9H11.2FH.Ti/c1-3-11-19(12-4-1)22(20-13-5-2-6-14-20)21-15-17-9-7-8-10-18(17)16-21;1-2-5-9-7-3-6-8(9)4-1;;;/h1-16H;1-2,4,6,9H,3,5,7H2;2*1H;/q;;;;+2/p-2. The van der Waals surface area contributed by atoms with Gasteiger partial charge in [-0.15, -0.1) is 0 Å². The summed E-state index contributed by atoms with van der Waals surface area (Å²) in [4.78, 5) is 0. The van der Waals surface area contributed by atoms with Crippen LogP contribution >= 0.6 is 7.92 Å². The fourth-order valence-corrected chi connectivity index (χ4v) is 12.0. The van der Waals surface area contributed by atoms with E-state index in [0.717, 1.165) is 10.1 Å². The first-order valence-electron chi connectivity index (χ1n) is 11.7. The third-order valence-corrected chi connectivity index (χ3v) is 13.1. The van der Waals surface area contributed by atoms with Crippen molar-refractivity contribution in [3.8, 4) is 0 Å². The van der Waals surface area contributed by atoms with Crippen LogP contribution in [-0.4, -0.2) is 0 Å². The fourth-order valence-electron chi connectivity index (χ4n) is 5.57. The molecule has 0 amide bonds. The Morgan fingerprint density at radius 2 is 1.38 bits per heavy atom. The number of halogens is 2. The van der Waals surface area contributed by atoms with Gasteiger partial charge in [-0.2, -0.15) is 0 Å². The molecule has 1 fully saturated rings. The Morgan fingerprint density at radius 1 is 0.735 bits per heavy atom. The molecule has 4 heteroatoms. The van der Waals surface area contributed by atoms with Crippen molar-refractivity contribution < 1.29 is 28.6 Å². The molecule has 0 N–H and O–H groups in total. The fraction of sp³-hybridized carbons (Fsp3) is 0.200. The van der Waals surface area contributed by atoms with Gasteiger partial charge in [0.15, 0.2) is 0 Å². The van der Waals surface area contributed by atoms with Crippen LogP contribution < -0.4 is 20.0 Å². The van der Waals surface area contributed by atoms with E-state index in [1.54, 1.807) is 16.5 Å². The Hall–Kier alpha value is -2.12. The van der Waals surface area contributed by atoms with Crippen LogP contribution in [0.5, 0.6) is 0 Å². The van der Waals surface area contributed by atoms with Crippen LogP contribution in [0.1, 0.15) is 34.6 Å². The summed E-state index contributed by atoms with van der Waals surface area (Å²) < 4.78 is 1.47. The molecule has 0 nitrogen and oxygen atoms in total. The first-order chi connectivity index (χ1) is 15.9. The number of hydrogen-bond donors (Lipinski definition) is 0. The van der Waals surface area contributed by atoms with Crippen molar-refractivity contribution in [2.75, 3.05) is 0 Å². The molecular weight excluding hydrogens is 477 g/mol. The molecule has 0 aromatic heterocycles. The normalized spacial score (nSPS) is 22.0. The van der Waals surface area contributed by atoms with Crippen molar-refractivity contribution >= 4 is 24.6 Å². The second-order valence-corrected chi connectivity index (χ2v) is 13.7. The van der Waals surface area contributed by atoms with Crippen molar-refractivity contribution in [3.05, 3.63) is 125 Å². The second kappa shape index (κ2) is 11.1. The summed E-state index contributed by atoms with van der Waals surface area (Å²) in [6, 6.07) is 31.7. The molecule has 0 bridgehead atoms. The minimum absolute atomic E-state index is 0. The molecule has 3 unspecified atom stereocenters. The van der Waals surface area contributed by atoms with E-state index in [0.29, 0.717) is 4.22 Å². The number of rotatable bonds is 5. The Kier molecular flexibility index (Phi) is 8.15. The van der Waals surface area contributed by atoms with Crippen LogP contribution in [0.3, 0.4) is 0 Å². The van der Waals surface area contributed by atoms with Crippen molar-refractivity contribution in [2.45, 2.75) is 27.7 Å². The van der Waals surface area contributed by atoms with Crippen LogP contribution in [0, 0.1) is 5.92 Å². The Labute approximate surface area is 211 Å². The maximum Gasteiger partial charge on any atom is -1.00 e. The number of allylic oxidation sites excluding steroid dienone is 5. The van der Waals surface area contributed by atoms with Crippen LogP contribution in [0.25, 0.3) is 6.08 Å². The van der Waals surface area contributed by atoms with Gasteiger partial charge in [-0.3, -0.25) is 0 Å². The SMILES string of the molecule is C1=CCC2CC[CH]([Ti+2][CH]3C(P(c4ccccc4)c4ccccc4)=Cc4ccccc43)C2=C1.[F-].[F-]. The van der Waals surface area contributed by atoms with Crippen molar-refractivity contribution in [1.82, 2.24) is 0 Å². The summed E-state index contributed by atoms with van der Waals surface area (Å²) in [5.74, 6) is 0.822. The quantitative estimate of drug-likeness (QED) is 0.364. The monoisotopic (exact) mass is 504 g/mol. The molecule has 0 aliphatic heterocycles. The number of benzene rings is 3. The van der Waals surface area contributed by atoms with Gasteiger partial charge in [0.25, 0.3) is 0 Å². The average molecular weight is 504 g/mol. The predicted molar refractivity (Wildman–Crippen MR) is 135 cm³/mol. The van der Waals surface area contributed by atoms with Gasteiger partial charge >= 0.3 is 203 Å². The zero-order valence-electron chi connectivity index (χ0n) is 18.9. The summed E-state index contributed by atoms with van der Waals surface area (Å²) in [5, 5.41) is 4.65. The van der Waals surface area contributed by atoms with Crippen molar-refractivity contribution in [2.24, 2.45) is 5.92 Å². The first kappa shape index (κ1) is 25.0. The summed E-state index contributed by atoms with van der Waals surface area (Å²) in [7, 11) is -0.518. The number of hydrogen-bond acceptors (Lipinski definition) is 0. The van der Waals surface area contributed by atoms with Crippen LogP contribution in [0.4, 0.5) is 0 Å². The van der Waals surface area contributed by atoms with Crippen LogP contribution in [-0.2, 0) is 19.2 Å². The van der Waals surface area contributed by atoms with Crippen molar-refractivity contribution in [3.63, 3.8) is 0 Å². The molecule has 3 aromatic rings. The summed E-state index contributed by atoms with van der Waals surface area (Å²) in [6.07, 6.45) is 13.8. The van der Waals surface area contributed by atoms with E-state index < -0.39 is 7.92 Å². The first-order valence-corrected chi connectivity index (χ1v) is 14.9. The van der Waals surface area contributed by atoms with E-state index in [4.69, 9.17) is 0 Å². The van der Waals surface area contributed by atoms with E-state index in [9.17, 15) is 0 Å². The predicted octanol–water partition coefficient (Wildman–Crippen LogP) is 1.39. The van der Waals surface area contributed by atoms with Gasteiger partial charge in [-0.1, -0.05) is 0 Å². The van der Waals surface area contributed by atoms with Crippen molar-refractivity contribution in [1.29, 1.82) is 0 Å². The summed E-state index contributed by atoms with van der Waals surface area (Å²) in [6.45, 7) is 0. The third kappa shape index (κ3) is 4.69. The van der Waals surface area contributed by atoms with Gasteiger partial charge in [0.2, 0.25) is 0 Å².